The summed E-state index contributed by atoms with van der Waals surface area (Å²) in [6.45, 7) is 3.72. The standard InChI is InChI=1S/C58H110O14/c1-3-5-7-9-11-13-15-17-19-20-21-22-23-24-25-26-27-29-31-33-35-37-39-41-50(60)70-47(44-67-42-40-38-36-34-32-30-28-18-16-14-12-10-8-6-4-2)45-68-57-56(66)54(64)52(62)49(72-57)46-69-58-55(65)53(63)51(61)48(43-59)71-58/h16,18,47-49,51-59,61-66H,3-15,17,19-46H2,1-2H3/b18-16-. The Morgan fingerprint density at radius 2 is 0.819 bits per heavy atom. The molecular formula is C58H110O14. The van der Waals surface area contributed by atoms with E-state index in [1.807, 2.05) is 0 Å². The van der Waals surface area contributed by atoms with Crippen LogP contribution in [0.4, 0.5) is 0 Å². The molecule has 0 aliphatic carbocycles. The molecular weight excluding hydrogens is 921 g/mol. The zero-order valence-electron chi connectivity index (χ0n) is 45.7. The SMILES string of the molecule is CCCCCCC/C=C\CCCCCCCCOCC(COC1OC(COC2OC(CO)C(O)C(O)C2O)C(O)C(O)C1O)OC(=O)CCCCCCCCCCCCCCCCCCCCCCCCC. The summed E-state index contributed by atoms with van der Waals surface area (Å²) in [6, 6.07) is 0. The van der Waals surface area contributed by atoms with E-state index in [0.717, 1.165) is 44.9 Å². The predicted octanol–water partition coefficient (Wildman–Crippen LogP) is 10.6. The minimum absolute atomic E-state index is 0.0632. The van der Waals surface area contributed by atoms with Crippen LogP contribution in [0, 0.1) is 0 Å². The second-order valence-electron chi connectivity index (χ2n) is 21.2. The van der Waals surface area contributed by atoms with Gasteiger partial charge < -0.3 is 64.2 Å². The van der Waals surface area contributed by atoms with Crippen molar-refractivity contribution in [3.05, 3.63) is 12.2 Å². The lowest BCUT2D eigenvalue weighted by Crippen LogP contribution is -2.61. The molecule has 7 N–H and O–H groups in total. The van der Waals surface area contributed by atoms with Gasteiger partial charge in [0.15, 0.2) is 12.6 Å². The second-order valence-corrected chi connectivity index (χ2v) is 21.2. The third-order valence-corrected chi connectivity index (χ3v) is 14.5. The smallest absolute Gasteiger partial charge is 0.306 e. The van der Waals surface area contributed by atoms with Crippen molar-refractivity contribution in [3.63, 3.8) is 0 Å². The maximum absolute atomic E-state index is 13.1. The van der Waals surface area contributed by atoms with Crippen LogP contribution in [0.5, 0.6) is 0 Å². The summed E-state index contributed by atoms with van der Waals surface area (Å²) in [7, 11) is 0. The van der Waals surface area contributed by atoms with Gasteiger partial charge in [0, 0.05) is 13.0 Å². The number of hydrogen-bond acceptors (Lipinski definition) is 14. The molecule has 0 bridgehead atoms. The van der Waals surface area contributed by atoms with Gasteiger partial charge in [-0.05, 0) is 38.5 Å². The van der Waals surface area contributed by atoms with Crippen LogP contribution in [-0.2, 0) is 33.2 Å². The van der Waals surface area contributed by atoms with Crippen molar-refractivity contribution in [2.45, 2.75) is 319 Å². The van der Waals surface area contributed by atoms with Gasteiger partial charge in [0.1, 0.15) is 54.9 Å². The molecule has 0 aromatic heterocycles. The number of esters is 1. The summed E-state index contributed by atoms with van der Waals surface area (Å²) in [5.74, 6) is -0.371. The summed E-state index contributed by atoms with van der Waals surface area (Å²) in [5, 5.41) is 72.3. The fourth-order valence-corrected chi connectivity index (χ4v) is 9.69. The molecule has 426 valence electrons. The Morgan fingerprint density at radius 1 is 0.444 bits per heavy atom. The highest BCUT2D eigenvalue weighted by Crippen LogP contribution is 2.27. The second kappa shape index (κ2) is 45.9. The first-order valence-corrected chi connectivity index (χ1v) is 29.8. The number of rotatable bonds is 49. The lowest BCUT2D eigenvalue weighted by atomic mass is 9.98. The van der Waals surface area contributed by atoms with Gasteiger partial charge in [-0.15, -0.1) is 0 Å². The van der Waals surface area contributed by atoms with E-state index >= 15 is 0 Å². The number of allylic oxidation sites excluding steroid dienone is 2. The van der Waals surface area contributed by atoms with Gasteiger partial charge in [-0.2, -0.15) is 0 Å². The molecule has 2 heterocycles. The first kappa shape index (κ1) is 66.8. The molecule has 2 aliphatic heterocycles. The average Bonchev–Trinajstić information content (AvgIpc) is 3.38. The van der Waals surface area contributed by atoms with Crippen molar-refractivity contribution in [1.82, 2.24) is 0 Å². The van der Waals surface area contributed by atoms with Crippen LogP contribution in [0.2, 0.25) is 0 Å². The number of unbranched alkanes of at least 4 members (excludes halogenated alkanes) is 33. The van der Waals surface area contributed by atoms with E-state index in [0.29, 0.717) is 13.0 Å². The van der Waals surface area contributed by atoms with E-state index in [-0.39, 0.29) is 25.6 Å². The monoisotopic (exact) mass is 1030 g/mol. The van der Waals surface area contributed by atoms with E-state index in [2.05, 4.69) is 26.0 Å². The largest absolute Gasteiger partial charge is 0.457 e. The van der Waals surface area contributed by atoms with Crippen molar-refractivity contribution in [2.75, 3.05) is 33.0 Å². The van der Waals surface area contributed by atoms with Gasteiger partial charge in [-0.3, -0.25) is 4.79 Å². The number of ether oxygens (including phenoxy) is 6. The topological polar surface area (TPSA) is 214 Å². The van der Waals surface area contributed by atoms with Gasteiger partial charge in [-0.1, -0.05) is 219 Å². The molecule has 0 radical (unpaired) electrons. The highest BCUT2D eigenvalue weighted by atomic mass is 16.7. The van der Waals surface area contributed by atoms with Crippen molar-refractivity contribution < 1.29 is 69.0 Å². The van der Waals surface area contributed by atoms with E-state index in [4.69, 9.17) is 28.4 Å². The van der Waals surface area contributed by atoms with Crippen LogP contribution < -0.4 is 0 Å². The normalized spacial score (nSPS) is 25.1. The molecule has 72 heavy (non-hydrogen) atoms. The lowest BCUT2D eigenvalue weighted by molar-refractivity contribution is -0.332. The molecule has 11 atom stereocenters. The lowest BCUT2D eigenvalue weighted by Gasteiger charge is -2.42. The van der Waals surface area contributed by atoms with Crippen molar-refractivity contribution in [3.8, 4) is 0 Å². The Balaban J connectivity index is 1.68. The quantitative estimate of drug-likeness (QED) is 0.0172. The van der Waals surface area contributed by atoms with Crippen LogP contribution in [-0.4, -0.2) is 142 Å². The third-order valence-electron chi connectivity index (χ3n) is 14.5. The van der Waals surface area contributed by atoms with Crippen LogP contribution in [0.1, 0.15) is 251 Å². The third kappa shape index (κ3) is 32.3. The Bertz CT molecular complexity index is 1240. The molecule has 2 aliphatic rings. The van der Waals surface area contributed by atoms with Crippen molar-refractivity contribution >= 4 is 5.97 Å². The highest BCUT2D eigenvalue weighted by molar-refractivity contribution is 5.69. The fraction of sp³-hybridized carbons (Fsp3) is 0.948. The van der Waals surface area contributed by atoms with Gasteiger partial charge in [0.05, 0.1) is 26.4 Å². The predicted molar refractivity (Wildman–Crippen MR) is 284 cm³/mol. The van der Waals surface area contributed by atoms with Gasteiger partial charge in [0.2, 0.25) is 0 Å². The molecule has 2 fully saturated rings. The van der Waals surface area contributed by atoms with Crippen molar-refractivity contribution in [2.24, 2.45) is 0 Å². The number of aliphatic hydroxyl groups excluding tert-OH is 7. The fourth-order valence-electron chi connectivity index (χ4n) is 9.69. The average molecular weight is 1030 g/mol. The van der Waals surface area contributed by atoms with E-state index in [1.165, 1.54) is 180 Å². The molecule has 2 saturated heterocycles. The number of hydrogen-bond donors (Lipinski definition) is 7. The Morgan fingerprint density at radius 3 is 1.26 bits per heavy atom. The first-order chi connectivity index (χ1) is 35.1. The molecule has 0 amide bonds. The van der Waals surface area contributed by atoms with Crippen LogP contribution in [0.3, 0.4) is 0 Å². The van der Waals surface area contributed by atoms with E-state index in [9.17, 15) is 40.5 Å². The summed E-state index contributed by atoms with van der Waals surface area (Å²) in [5.41, 5.74) is 0. The molecule has 0 aromatic rings. The Hall–Kier alpha value is -1.27. The number of carbonyl (C=O) groups excluding carboxylic acids is 1. The molecule has 0 spiro atoms. The zero-order chi connectivity index (χ0) is 52.3. The maximum Gasteiger partial charge on any atom is 0.306 e. The van der Waals surface area contributed by atoms with Gasteiger partial charge >= 0.3 is 5.97 Å². The summed E-state index contributed by atoms with van der Waals surface area (Å²) in [4.78, 5) is 13.1. The van der Waals surface area contributed by atoms with Gasteiger partial charge in [-0.25, -0.2) is 0 Å². The Labute approximate surface area is 437 Å². The summed E-state index contributed by atoms with van der Waals surface area (Å²) < 4.78 is 34.4. The van der Waals surface area contributed by atoms with E-state index in [1.54, 1.807) is 0 Å². The highest BCUT2D eigenvalue weighted by Gasteiger charge is 2.47. The van der Waals surface area contributed by atoms with Crippen LogP contribution >= 0.6 is 0 Å². The van der Waals surface area contributed by atoms with Crippen molar-refractivity contribution in [1.29, 1.82) is 0 Å². The zero-order valence-corrected chi connectivity index (χ0v) is 45.7. The first-order valence-electron chi connectivity index (χ1n) is 29.8. The molecule has 14 nitrogen and oxygen atoms in total. The Kier molecular flexibility index (Phi) is 42.6. The van der Waals surface area contributed by atoms with E-state index < -0.39 is 80.7 Å². The molecule has 0 saturated carbocycles. The molecule has 14 heteroatoms. The number of aliphatic hydroxyl groups is 7. The number of carbonyl (C=O) groups is 1. The molecule has 11 unspecified atom stereocenters. The van der Waals surface area contributed by atoms with Gasteiger partial charge in [0.25, 0.3) is 0 Å². The summed E-state index contributed by atoms with van der Waals surface area (Å²) >= 11 is 0. The summed E-state index contributed by atoms with van der Waals surface area (Å²) in [6.07, 6.45) is 34.2. The minimum Gasteiger partial charge on any atom is -0.457 e. The molecule has 2 rings (SSSR count). The molecule has 0 aromatic carbocycles. The van der Waals surface area contributed by atoms with Crippen LogP contribution in [0.15, 0.2) is 12.2 Å². The van der Waals surface area contributed by atoms with Crippen LogP contribution in [0.25, 0.3) is 0 Å². The maximum atomic E-state index is 13.1. The minimum atomic E-state index is -1.70.